The lowest BCUT2D eigenvalue weighted by Gasteiger charge is -2.51. The van der Waals surface area contributed by atoms with Gasteiger partial charge in [-0.2, -0.15) is 0 Å². The van der Waals surface area contributed by atoms with Crippen molar-refractivity contribution in [3.63, 3.8) is 0 Å². The minimum absolute atomic E-state index is 0.0405. The fraction of sp³-hybridized carbons (Fsp3) is 0.647. The number of ether oxygens (including phenoxy) is 3. The minimum Gasteiger partial charge on any atom is -0.444 e. The Morgan fingerprint density at radius 3 is 1.51 bits per heavy atom. The van der Waals surface area contributed by atoms with Crippen molar-refractivity contribution in [3.8, 4) is 0 Å². The average molecular weight is 1200 g/mol. The maximum Gasteiger partial charge on any atom is 0.407 e. The number of benzene rings is 3. The van der Waals surface area contributed by atoms with Crippen molar-refractivity contribution >= 4 is 52.7 Å². The van der Waals surface area contributed by atoms with Crippen LogP contribution < -0.4 is 21.3 Å². The number of amides is 6. The van der Waals surface area contributed by atoms with Crippen LogP contribution in [0.25, 0.3) is 10.4 Å². The molecule has 1 heterocycles. The maximum absolute atomic E-state index is 14.6. The first-order valence-corrected chi connectivity index (χ1v) is 32.6. The van der Waals surface area contributed by atoms with Crippen LogP contribution in [-0.2, 0) is 43.6 Å². The number of carbonyl (C=O) groups excluding carboxylic acids is 6. The van der Waals surface area contributed by atoms with Crippen LogP contribution >= 0.6 is 0 Å². The Hall–Kier alpha value is -6.53. The fourth-order valence-electron chi connectivity index (χ4n) is 12.5. The summed E-state index contributed by atoms with van der Waals surface area (Å²) in [4.78, 5) is 88.9. The summed E-state index contributed by atoms with van der Waals surface area (Å²) in [6.45, 7) is 12.9. The van der Waals surface area contributed by atoms with Crippen molar-refractivity contribution in [3.05, 3.63) is 98.4 Å². The number of hydrogen-bond donors (Lipinski definition) is 4. The number of carbonyl (C=O) groups is 6. The monoisotopic (exact) mass is 1200 g/mol. The SMILES string of the molecule is CCCCCCCCC(=O)Nc1ccc2c(c1)C1(CCC(=O)N(C)CCOCCOCCN(C)C(=O)C3C[C@@H](N=[N+]=[N-])CN3C)c3cc(NC(=O)CCCCCCCC)ccc3C2c2ccc(NC(=O)CCCCCCCNC(=O)OC(C)(C)C)cc21. The first kappa shape index (κ1) is 69.6. The molecule has 0 radical (unpaired) electrons. The first-order chi connectivity index (χ1) is 41.9. The highest BCUT2D eigenvalue weighted by atomic mass is 16.6. The van der Waals surface area contributed by atoms with E-state index in [0.717, 1.165) is 110 Å². The van der Waals surface area contributed by atoms with Gasteiger partial charge in [0, 0.05) is 99.3 Å². The van der Waals surface area contributed by atoms with Crippen LogP contribution in [0, 0.1) is 0 Å². The molecular formula is C68H102N10O9. The van der Waals surface area contributed by atoms with Gasteiger partial charge in [-0.25, -0.2) is 4.79 Å². The van der Waals surface area contributed by atoms with Gasteiger partial charge in [-0.05, 0) is 142 Å². The van der Waals surface area contributed by atoms with E-state index >= 15 is 0 Å². The van der Waals surface area contributed by atoms with E-state index in [1.165, 1.54) is 25.7 Å². The van der Waals surface area contributed by atoms with Gasteiger partial charge in [0.1, 0.15) is 5.60 Å². The molecule has 19 nitrogen and oxygen atoms in total. The average Bonchev–Trinajstić information content (AvgIpc) is 0.949. The van der Waals surface area contributed by atoms with Crippen molar-refractivity contribution in [1.82, 2.24) is 20.0 Å². The zero-order valence-corrected chi connectivity index (χ0v) is 53.7. The van der Waals surface area contributed by atoms with Crippen molar-refractivity contribution in [2.75, 3.05) is 89.7 Å². The van der Waals surface area contributed by atoms with Crippen LogP contribution in [0.5, 0.6) is 0 Å². The molecule has 0 spiro atoms. The van der Waals surface area contributed by atoms with Gasteiger partial charge >= 0.3 is 6.09 Å². The summed E-state index contributed by atoms with van der Waals surface area (Å²) in [5, 5.41) is 16.3. The molecule has 19 heteroatoms. The van der Waals surface area contributed by atoms with E-state index in [2.05, 4.69) is 81.5 Å². The number of rotatable bonds is 39. The standard InChI is InChI=1S/C68H102N10O9/c1-9-11-13-15-18-22-26-60(79)71-49-29-32-53-56(44-49)68(36-35-63(82)76(6)38-40-85-42-43-86-41-39-77(7)65(83)59-47-52(74-75-69)48-78(59)8)57-45-50(72-61(80)27-23-19-16-14-12-10-2)30-33-54(57)64(53)55-34-31-51(46-58(55)68)73-62(81)28-24-20-17-21-25-37-70-66(84)87-67(3,4)5/h29-34,44-46,52,59,64H,9-28,35-43,47-48H2,1-8H3,(H,70,84)(H,71,79)(H,72,80)(H,73,81)/t52-,59?,64?,68?/m1/s1. The predicted molar refractivity (Wildman–Crippen MR) is 344 cm³/mol. The molecule has 7 rings (SSSR count). The van der Waals surface area contributed by atoms with Crippen LogP contribution in [0.15, 0.2) is 59.7 Å². The van der Waals surface area contributed by atoms with Gasteiger partial charge in [-0.3, -0.25) is 28.9 Å². The molecule has 1 aliphatic heterocycles. The molecule has 0 saturated carbocycles. The van der Waals surface area contributed by atoms with Crippen LogP contribution in [0.4, 0.5) is 21.9 Å². The fourth-order valence-corrected chi connectivity index (χ4v) is 12.5. The Bertz CT molecular complexity index is 2710. The number of hydrogen-bond acceptors (Lipinski definition) is 11. The van der Waals surface area contributed by atoms with E-state index < -0.39 is 17.1 Å². The molecule has 6 amide bonds. The molecule has 2 atom stereocenters. The van der Waals surface area contributed by atoms with Gasteiger partial charge in [0.25, 0.3) is 0 Å². The van der Waals surface area contributed by atoms with E-state index in [0.29, 0.717) is 102 Å². The number of nitrogens with one attached hydrogen (secondary N) is 4. The smallest absolute Gasteiger partial charge is 0.407 e. The Morgan fingerprint density at radius 2 is 1.06 bits per heavy atom. The van der Waals surface area contributed by atoms with E-state index in [4.69, 9.17) is 19.7 Å². The second kappa shape index (κ2) is 35.5. The predicted octanol–water partition coefficient (Wildman–Crippen LogP) is 13.1. The molecule has 4 N–H and O–H groups in total. The van der Waals surface area contributed by atoms with Crippen LogP contribution in [-0.4, -0.2) is 142 Å². The Morgan fingerprint density at radius 1 is 0.621 bits per heavy atom. The number of unbranched alkanes of at least 4 members (excludes halogenated alkanes) is 14. The number of nitrogens with zero attached hydrogens (tertiary/aromatic N) is 6. The lowest BCUT2D eigenvalue weighted by Crippen LogP contribution is -2.43. The zero-order chi connectivity index (χ0) is 62.8. The molecule has 1 unspecified atom stereocenters. The largest absolute Gasteiger partial charge is 0.444 e. The molecule has 0 aromatic heterocycles. The molecule has 2 bridgehead atoms. The summed E-state index contributed by atoms with van der Waals surface area (Å²) in [5.41, 5.74) is 15.5. The summed E-state index contributed by atoms with van der Waals surface area (Å²) in [6.07, 6.45) is 18.9. The normalized spacial score (nSPS) is 17.3. The highest BCUT2D eigenvalue weighted by molar-refractivity contribution is 5.94. The third kappa shape index (κ3) is 21.1. The molecule has 1 saturated heterocycles. The molecule has 3 aliphatic carbocycles. The third-order valence-electron chi connectivity index (χ3n) is 17.1. The highest BCUT2D eigenvalue weighted by Crippen LogP contribution is 2.62. The van der Waals surface area contributed by atoms with Gasteiger partial charge in [0.2, 0.25) is 29.5 Å². The first-order valence-electron chi connectivity index (χ1n) is 32.6. The number of likely N-dealkylation sites (tertiary alicyclic amines) is 1. The number of azide groups is 1. The third-order valence-corrected chi connectivity index (χ3v) is 17.1. The summed E-state index contributed by atoms with van der Waals surface area (Å²) < 4.78 is 17.1. The Kier molecular flexibility index (Phi) is 28.4. The topological polar surface area (TPSA) is 237 Å². The highest BCUT2D eigenvalue weighted by Gasteiger charge is 2.52. The summed E-state index contributed by atoms with van der Waals surface area (Å²) >= 11 is 0. The van der Waals surface area contributed by atoms with Crippen LogP contribution in [0.1, 0.15) is 222 Å². The summed E-state index contributed by atoms with van der Waals surface area (Å²) in [7, 11) is 5.38. The van der Waals surface area contributed by atoms with Crippen molar-refractivity contribution in [2.45, 2.75) is 211 Å². The van der Waals surface area contributed by atoms with Crippen molar-refractivity contribution in [1.29, 1.82) is 0 Å². The van der Waals surface area contributed by atoms with E-state index in [-0.39, 0.29) is 60.6 Å². The molecule has 478 valence electrons. The van der Waals surface area contributed by atoms with Crippen molar-refractivity contribution in [2.24, 2.45) is 5.11 Å². The van der Waals surface area contributed by atoms with Crippen molar-refractivity contribution < 1.29 is 43.0 Å². The molecular weight excluding hydrogens is 1100 g/mol. The summed E-state index contributed by atoms with van der Waals surface area (Å²) in [6, 6.07) is 18.0. The van der Waals surface area contributed by atoms with E-state index in [9.17, 15) is 28.8 Å². The summed E-state index contributed by atoms with van der Waals surface area (Å²) in [5.74, 6) is -0.498. The molecule has 3 aromatic carbocycles. The number of alkyl carbamates (subject to hydrolysis) is 1. The van der Waals surface area contributed by atoms with Gasteiger partial charge < -0.3 is 45.3 Å². The van der Waals surface area contributed by atoms with Crippen LogP contribution in [0.3, 0.4) is 0 Å². The van der Waals surface area contributed by atoms with E-state index in [1.54, 1.807) is 23.9 Å². The quantitative estimate of drug-likeness (QED) is 0.0182. The van der Waals surface area contributed by atoms with Gasteiger partial charge in [0.05, 0.1) is 38.5 Å². The maximum atomic E-state index is 14.6. The van der Waals surface area contributed by atoms with Gasteiger partial charge in [-0.1, -0.05) is 121 Å². The lowest BCUT2D eigenvalue weighted by molar-refractivity contribution is -0.135. The molecule has 87 heavy (non-hydrogen) atoms. The number of likely N-dealkylation sites (N-methyl/N-ethyl adjacent to an activating group) is 3. The molecule has 1 fully saturated rings. The van der Waals surface area contributed by atoms with E-state index in [1.807, 2.05) is 50.9 Å². The van der Waals surface area contributed by atoms with Gasteiger partial charge in [0.15, 0.2) is 0 Å². The number of anilines is 3. The zero-order valence-electron chi connectivity index (χ0n) is 53.7. The lowest BCUT2D eigenvalue weighted by atomic mass is 9.51. The van der Waals surface area contributed by atoms with Gasteiger partial charge in [-0.15, -0.1) is 0 Å². The Labute approximate surface area is 518 Å². The second-order valence-corrected chi connectivity index (χ2v) is 25.2. The minimum atomic E-state index is -0.946. The Balaban J connectivity index is 1.19. The van der Waals surface area contributed by atoms with Crippen LogP contribution in [0.2, 0.25) is 0 Å². The molecule has 3 aromatic rings. The second-order valence-electron chi connectivity index (χ2n) is 25.2. The molecule has 4 aliphatic rings.